The van der Waals surface area contributed by atoms with E-state index in [0.717, 1.165) is 16.3 Å². The Bertz CT molecular complexity index is 505. The number of thiazole rings is 1. The molecule has 5 heteroatoms. The number of hydrogen-bond donors (Lipinski definition) is 2. The van der Waals surface area contributed by atoms with E-state index < -0.39 is 5.97 Å². The van der Waals surface area contributed by atoms with E-state index in [2.05, 4.69) is 10.3 Å². The van der Waals surface area contributed by atoms with E-state index in [1.807, 2.05) is 31.3 Å². The molecule has 0 fully saturated rings. The zero-order valence-corrected chi connectivity index (χ0v) is 9.41. The first-order chi connectivity index (χ1) is 7.70. The Morgan fingerprint density at radius 2 is 2.06 bits per heavy atom. The highest BCUT2D eigenvalue weighted by Crippen LogP contribution is 2.24. The molecule has 0 bridgehead atoms. The van der Waals surface area contributed by atoms with Crippen molar-refractivity contribution in [2.75, 3.05) is 12.4 Å². The van der Waals surface area contributed by atoms with Crippen LogP contribution in [0.5, 0.6) is 0 Å². The molecule has 2 rings (SSSR count). The number of nitrogens with zero attached hydrogens (tertiary/aromatic N) is 1. The molecule has 0 saturated heterocycles. The van der Waals surface area contributed by atoms with Crippen LogP contribution in [0, 0.1) is 0 Å². The lowest BCUT2D eigenvalue weighted by atomic mass is 10.2. The molecule has 1 heterocycles. The van der Waals surface area contributed by atoms with Crippen molar-refractivity contribution in [3.05, 3.63) is 35.3 Å². The van der Waals surface area contributed by atoms with Gasteiger partial charge in [0.05, 0.1) is 0 Å². The van der Waals surface area contributed by atoms with Crippen LogP contribution in [-0.4, -0.2) is 23.1 Å². The van der Waals surface area contributed by atoms with Gasteiger partial charge in [0.1, 0.15) is 5.01 Å². The second kappa shape index (κ2) is 4.32. The van der Waals surface area contributed by atoms with E-state index in [1.54, 1.807) is 5.38 Å². The third-order valence-electron chi connectivity index (χ3n) is 2.14. The maximum Gasteiger partial charge on any atom is 0.355 e. The van der Waals surface area contributed by atoms with Crippen molar-refractivity contribution in [2.45, 2.75) is 0 Å². The molecule has 0 unspecified atom stereocenters. The Morgan fingerprint density at radius 3 is 2.56 bits per heavy atom. The van der Waals surface area contributed by atoms with Gasteiger partial charge in [-0.3, -0.25) is 0 Å². The van der Waals surface area contributed by atoms with E-state index in [0.29, 0.717) is 0 Å². The molecule has 0 aliphatic carbocycles. The van der Waals surface area contributed by atoms with Gasteiger partial charge in [-0.25, -0.2) is 9.78 Å². The van der Waals surface area contributed by atoms with E-state index in [-0.39, 0.29) is 5.69 Å². The Morgan fingerprint density at radius 1 is 1.38 bits per heavy atom. The summed E-state index contributed by atoms with van der Waals surface area (Å²) in [5, 5.41) is 14.0. The fourth-order valence-electron chi connectivity index (χ4n) is 1.28. The van der Waals surface area contributed by atoms with Gasteiger partial charge in [-0.15, -0.1) is 11.3 Å². The summed E-state index contributed by atoms with van der Waals surface area (Å²) in [5.74, 6) is -0.991. The Hall–Kier alpha value is -1.88. The van der Waals surface area contributed by atoms with Gasteiger partial charge in [0.2, 0.25) is 0 Å². The molecule has 0 amide bonds. The standard InChI is InChI=1S/C11H10N2O2S/c1-12-8-4-2-7(3-5-8)10-13-9(6-16-10)11(14)15/h2-6,12H,1H3,(H,14,15). The highest BCUT2D eigenvalue weighted by atomic mass is 32.1. The molecule has 0 saturated carbocycles. The van der Waals surface area contributed by atoms with Gasteiger partial charge in [0.15, 0.2) is 5.69 Å². The molecule has 4 nitrogen and oxygen atoms in total. The van der Waals surface area contributed by atoms with Gasteiger partial charge in [0, 0.05) is 23.7 Å². The number of aromatic nitrogens is 1. The average molecular weight is 234 g/mol. The lowest BCUT2D eigenvalue weighted by molar-refractivity contribution is 0.0691. The lowest BCUT2D eigenvalue weighted by Crippen LogP contribution is -1.95. The molecule has 1 aromatic carbocycles. The molecule has 2 N–H and O–H groups in total. The average Bonchev–Trinajstić information content (AvgIpc) is 2.78. The highest BCUT2D eigenvalue weighted by Gasteiger charge is 2.09. The molecule has 0 aliphatic rings. The summed E-state index contributed by atoms with van der Waals surface area (Å²) < 4.78 is 0. The number of anilines is 1. The Kier molecular flexibility index (Phi) is 2.87. The van der Waals surface area contributed by atoms with Crippen LogP contribution in [0.1, 0.15) is 10.5 Å². The smallest absolute Gasteiger partial charge is 0.355 e. The molecule has 0 aliphatic heterocycles. The normalized spacial score (nSPS) is 10.1. The molecule has 0 atom stereocenters. The Balaban J connectivity index is 2.31. The second-order valence-corrected chi connectivity index (χ2v) is 4.03. The SMILES string of the molecule is CNc1ccc(-c2nc(C(=O)O)cs2)cc1. The fourth-order valence-corrected chi connectivity index (χ4v) is 2.08. The lowest BCUT2D eigenvalue weighted by Gasteiger charge is -2.00. The second-order valence-electron chi connectivity index (χ2n) is 3.17. The van der Waals surface area contributed by atoms with Gasteiger partial charge in [-0.2, -0.15) is 0 Å². The number of carbonyl (C=O) groups is 1. The number of nitrogens with one attached hydrogen (secondary N) is 1. The number of benzene rings is 1. The van der Waals surface area contributed by atoms with Gasteiger partial charge < -0.3 is 10.4 Å². The molecule has 16 heavy (non-hydrogen) atoms. The van der Waals surface area contributed by atoms with Gasteiger partial charge in [0.25, 0.3) is 0 Å². The van der Waals surface area contributed by atoms with Crippen molar-refractivity contribution in [2.24, 2.45) is 0 Å². The summed E-state index contributed by atoms with van der Waals surface area (Å²) in [6.45, 7) is 0. The number of aromatic carboxylic acids is 1. The van der Waals surface area contributed by atoms with Crippen LogP contribution in [0.2, 0.25) is 0 Å². The molecule has 0 spiro atoms. The Labute approximate surface area is 96.6 Å². The predicted octanol–water partition coefficient (Wildman–Crippen LogP) is 2.55. The zero-order chi connectivity index (χ0) is 11.5. The first-order valence-corrected chi connectivity index (χ1v) is 5.55. The summed E-state index contributed by atoms with van der Waals surface area (Å²) in [5.41, 5.74) is 2.04. The minimum absolute atomic E-state index is 0.0951. The van der Waals surface area contributed by atoms with Crippen molar-refractivity contribution >= 4 is 23.0 Å². The third kappa shape index (κ3) is 2.04. The van der Waals surface area contributed by atoms with E-state index in [9.17, 15) is 4.79 Å². The minimum Gasteiger partial charge on any atom is -0.476 e. The zero-order valence-electron chi connectivity index (χ0n) is 8.60. The molecule has 0 radical (unpaired) electrons. The predicted molar refractivity (Wildman–Crippen MR) is 64.1 cm³/mol. The van der Waals surface area contributed by atoms with Crippen molar-refractivity contribution < 1.29 is 9.90 Å². The molecule has 2 aromatic rings. The van der Waals surface area contributed by atoms with Crippen LogP contribution in [0.25, 0.3) is 10.6 Å². The number of rotatable bonds is 3. The van der Waals surface area contributed by atoms with Crippen LogP contribution in [0.4, 0.5) is 5.69 Å². The first-order valence-electron chi connectivity index (χ1n) is 4.67. The summed E-state index contributed by atoms with van der Waals surface area (Å²) in [6, 6.07) is 7.68. The van der Waals surface area contributed by atoms with Crippen molar-refractivity contribution in [1.29, 1.82) is 0 Å². The number of carboxylic acids is 1. The third-order valence-corrected chi connectivity index (χ3v) is 3.04. The van der Waals surface area contributed by atoms with Crippen molar-refractivity contribution in [1.82, 2.24) is 4.98 Å². The van der Waals surface area contributed by atoms with E-state index in [4.69, 9.17) is 5.11 Å². The largest absolute Gasteiger partial charge is 0.476 e. The van der Waals surface area contributed by atoms with E-state index in [1.165, 1.54) is 11.3 Å². The van der Waals surface area contributed by atoms with Crippen LogP contribution in [-0.2, 0) is 0 Å². The summed E-state index contributed by atoms with van der Waals surface area (Å²) >= 11 is 1.33. The molecular weight excluding hydrogens is 224 g/mol. The van der Waals surface area contributed by atoms with Gasteiger partial charge in [-0.05, 0) is 24.3 Å². The summed E-state index contributed by atoms with van der Waals surface area (Å²) in [4.78, 5) is 14.7. The maximum absolute atomic E-state index is 10.7. The van der Waals surface area contributed by atoms with Crippen molar-refractivity contribution in [3.8, 4) is 10.6 Å². The van der Waals surface area contributed by atoms with Crippen LogP contribution >= 0.6 is 11.3 Å². The maximum atomic E-state index is 10.7. The molecular formula is C11H10N2O2S. The summed E-state index contributed by atoms with van der Waals surface area (Å²) in [6.07, 6.45) is 0. The van der Waals surface area contributed by atoms with Gasteiger partial charge in [-0.1, -0.05) is 0 Å². The highest BCUT2D eigenvalue weighted by molar-refractivity contribution is 7.13. The van der Waals surface area contributed by atoms with Crippen molar-refractivity contribution in [3.63, 3.8) is 0 Å². The minimum atomic E-state index is -0.991. The molecule has 82 valence electrons. The monoisotopic (exact) mass is 234 g/mol. The van der Waals surface area contributed by atoms with Crippen LogP contribution in [0.15, 0.2) is 29.6 Å². The fraction of sp³-hybridized carbons (Fsp3) is 0.0909. The quantitative estimate of drug-likeness (QED) is 0.856. The topological polar surface area (TPSA) is 62.2 Å². The first kappa shape index (κ1) is 10.6. The van der Waals surface area contributed by atoms with Crippen LogP contribution < -0.4 is 5.32 Å². The van der Waals surface area contributed by atoms with Gasteiger partial charge >= 0.3 is 5.97 Å². The number of carboxylic acid groups (broad SMARTS) is 1. The summed E-state index contributed by atoms with van der Waals surface area (Å²) in [7, 11) is 1.85. The molecule has 1 aromatic heterocycles. The van der Waals surface area contributed by atoms with Crippen LogP contribution in [0.3, 0.4) is 0 Å². The number of hydrogen-bond acceptors (Lipinski definition) is 4. The van der Waals surface area contributed by atoms with E-state index >= 15 is 0 Å².